The summed E-state index contributed by atoms with van der Waals surface area (Å²) in [6, 6.07) is 0. The molecule has 0 aromatic rings. The third-order valence-corrected chi connectivity index (χ3v) is 4.33. The second kappa shape index (κ2) is 11.6. The van der Waals surface area contributed by atoms with Gasteiger partial charge in [0.1, 0.15) is 6.10 Å². The summed E-state index contributed by atoms with van der Waals surface area (Å²) in [4.78, 5) is 2.64. The number of aliphatic hydroxyl groups is 1. The van der Waals surface area contributed by atoms with Crippen LogP contribution in [0.1, 0.15) is 20.8 Å². The molecule has 0 saturated carbocycles. The second-order valence-electron chi connectivity index (χ2n) is 5.80. The standard InChI is InChI=1S/C15H29N3O5/c1-11-12(2)15(14(10-19)23-13(11)3)22-9-8-21-7-6-20-5-4-17-18-16/h11-15,19H,4-10H2,1-3H3/t11-,12-,13?,14-,15+/m1/s1. The zero-order valence-electron chi connectivity index (χ0n) is 14.3. The summed E-state index contributed by atoms with van der Waals surface area (Å²) in [7, 11) is 0. The van der Waals surface area contributed by atoms with Gasteiger partial charge in [-0.15, -0.1) is 0 Å². The quantitative estimate of drug-likeness (QED) is 0.269. The smallest absolute Gasteiger partial charge is 0.107 e. The number of azide groups is 1. The molecule has 1 N–H and O–H groups in total. The van der Waals surface area contributed by atoms with E-state index in [-0.39, 0.29) is 24.9 Å². The lowest BCUT2D eigenvalue weighted by molar-refractivity contribution is -0.195. The minimum atomic E-state index is -0.278. The summed E-state index contributed by atoms with van der Waals surface area (Å²) in [5.74, 6) is 0.702. The van der Waals surface area contributed by atoms with E-state index in [1.165, 1.54) is 0 Å². The van der Waals surface area contributed by atoms with Crippen LogP contribution in [0, 0.1) is 11.8 Å². The Bertz CT molecular complexity index is 363. The van der Waals surface area contributed by atoms with Gasteiger partial charge in [-0.2, -0.15) is 0 Å². The molecule has 1 aliphatic rings. The van der Waals surface area contributed by atoms with Crippen molar-refractivity contribution >= 4 is 0 Å². The molecule has 1 rings (SSSR count). The van der Waals surface area contributed by atoms with Gasteiger partial charge in [0.05, 0.1) is 51.8 Å². The van der Waals surface area contributed by atoms with E-state index in [1.807, 2.05) is 6.92 Å². The maximum absolute atomic E-state index is 9.46. The molecule has 0 amide bonds. The van der Waals surface area contributed by atoms with Crippen LogP contribution < -0.4 is 0 Å². The summed E-state index contributed by atoms with van der Waals surface area (Å²) in [6.45, 7) is 8.84. The molecule has 0 spiro atoms. The van der Waals surface area contributed by atoms with Gasteiger partial charge in [-0.25, -0.2) is 0 Å². The van der Waals surface area contributed by atoms with Crippen molar-refractivity contribution in [2.24, 2.45) is 17.0 Å². The van der Waals surface area contributed by atoms with Gasteiger partial charge in [-0.05, 0) is 24.3 Å². The van der Waals surface area contributed by atoms with Crippen LogP contribution in [0.2, 0.25) is 0 Å². The number of hydrogen-bond donors (Lipinski definition) is 1. The number of rotatable bonds is 11. The van der Waals surface area contributed by atoms with Crippen molar-refractivity contribution in [2.45, 2.75) is 39.1 Å². The Morgan fingerprint density at radius 3 is 2.35 bits per heavy atom. The van der Waals surface area contributed by atoms with Crippen molar-refractivity contribution in [3.05, 3.63) is 10.4 Å². The van der Waals surface area contributed by atoms with E-state index in [2.05, 4.69) is 23.9 Å². The van der Waals surface area contributed by atoms with Crippen LogP contribution in [0.15, 0.2) is 5.11 Å². The van der Waals surface area contributed by atoms with Crippen LogP contribution in [0.5, 0.6) is 0 Å². The highest BCUT2D eigenvalue weighted by molar-refractivity contribution is 4.87. The highest BCUT2D eigenvalue weighted by Gasteiger charge is 2.39. The third-order valence-electron chi connectivity index (χ3n) is 4.33. The predicted molar refractivity (Wildman–Crippen MR) is 85.1 cm³/mol. The van der Waals surface area contributed by atoms with Gasteiger partial charge < -0.3 is 24.1 Å². The fourth-order valence-corrected chi connectivity index (χ4v) is 2.66. The lowest BCUT2D eigenvalue weighted by atomic mass is 9.82. The molecule has 134 valence electrons. The molecular weight excluding hydrogens is 302 g/mol. The topological polar surface area (TPSA) is 106 Å². The SMILES string of the molecule is CC1O[C@H](CO)[C@@H](OCCOCCOCCN=[N+]=[N-])[C@H](C)[C@H]1C. The van der Waals surface area contributed by atoms with Gasteiger partial charge in [0.2, 0.25) is 0 Å². The van der Waals surface area contributed by atoms with Gasteiger partial charge in [0, 0.05) is 11.5 Å². The summed E-state index contributed by atoms with van der Waals surface area (Å²) >= 11 is 0. The zero-order chi connectivity index (χ0) is 17.1. The molecule has 1 heterocycles. The van der Waals surface area contributed by atoms with Crippen molar-refractivity contribution in [2.75, 3.05) is 46.2 Å². The molecule has 0 radical (unpaired) electrons. The Labute approximate surface area is 137 Å². The van der Waals surface area contributed by atoms with E-state index in [0.29, 0.717) is 51.4 Å². The van der Waals surface area contributed by atoms with Crippen LogP contribution in [-0.2, 0) is 18.9 Å². The predicted octanol–water partition coefficient (Wildman–Crippen LogP) is 1.77. The van der Waals surface area contributed by atoms with Crippen LogP contribution in [-0.4, -0.2) is 69.6 Å². The van der Waals surface area contributed by atoms with E-state index < -0.39 is 0 Å². The summed E-state index contributed by atoms with van der Waals surface area (Å²) in [5.41, 5.74) is 8.10. The highest BCUT2D eigenvalue weighted by atomic mass is 16.6. The molecule has 0 aromatic carbocycles. The first-order valence-corrected chi connectivity index (χ1v) is 8.16. The maximum atomic E-state index is 9.46. The Hall–Kier alpha value is -0.890. The van der Waals surface area contributed by atoms with Crippen molar-refractivity contribution in [1.82, 2.24) is 0 Å². The fraction of sp³-hybridized carbons (Fsp3) is 1.00. The number of aliphatic hydroxyl groups excluding tert-OH is 1. The molecular formula is C15H29N3O5. The van der Waals surface area contributed by atoms with Gasteiger partial charge in [-0.3, -0.25) is 0 Å². The van der Waals surface area contributed by atoms with Crippen LogP contribution in [0.3, 0.4) is 0 Å². The molecule has 1 saturated heterocycles. The maximum Gasteiger partial charge on any atom is 0.107 e. The van der Waals surface area contributed by atoms with Crippen molar-refractivity contribution in [1.29, 1.82) is 0 Å². The fourth-order valence-electron chi connectivity index (χ4n) is 2.66. The lowest BCUT2D eigenvalue weighted by Gasteiger charge is -2.43. The number of hydrogen-bond acceptors (Lipinski definition) is 6. The van der Waals surface area contributed by atoms with E-state index in [4.69, 9.17) is 24.5 Å². The normalized spacial score (nSPS) is 30.9. The third kappa shape index (κ3) is 7.03. The Morgan fingerprint density at radius 1 is 1.04 bits per heavy atom. The van der Waals surface area contributed by atoms with Crippen LogP contribution in [0.25, 0.3) is 10.4 Å². The van der Waals surface area contributed by atoms with E-state index in [9.17, 15) is 5.11 Å². The first kappa shape index (κ1) is 20.2. The largest absolute Gasteiger partial charge is 0.394 e. The molecule has 8 nitrogen and oxygen atoms in total. The summed E-state index contributed by atoms with van der Waals surface area (Å²) < 4.78 is 22.3. The minimum Gasteiger partial charge on any atom is -0.394 e. The van der Waals surface area contributed by atoms with Gasteiger partial charge in [-0.1, -0.05) is 19.0 Å². The molecule has 8 heteroatoms. The van der Waals surface area contributed by atoms with Crippen LogP contribution >= 0.6 is 0 Å². The molecule has 1 fully saturated rings. The minimum absolute atomic E-state index is 0.0358. The average Bonchev–Trinajstić information content (AvgIpc) is 2.55. The van der Waals surface area contributed by atoms with Gasteiger partial charge in [0.25, 0.3) is 0 Å². The molecule has 23 heavy (non-hydrogen) atoms. The molecule has 1 unspecified atom stereocenters. The van der Waals surface area contributed by atoms with Crippen molar-refractivity contribution < 1.29 is 24.1 Å². The molecule has 0 bridgehead atoms. The van der Waals surface area contributed by atoms with E-state index in [0.717, 1.165) is 0 Å². The molecule has 5 atom stereocenters. The van der Waals surface area contributed by atoms with Gasteiger partial charge in [0.15, 0.2) is 0 Å². The number of nitrogens with zero attached hydrogens (tertiary/aromatic N) is 3. The van der Waals surface area contributed by atoms with Crippen molar-refractivity contribution in [3.8, 4) is 0 Å². The monoisotopic (exact) mass is 331 g/mol. The molecule has 0 aliphatic carbocycles. The first-order chi connectivity index (χ1) is 11.1. The number of ether oxygens (including phenoxy) is 4. The van der Waals surface area contributed by atoms with Crippen molar-refractivity contribution in [3.63, 3.8) is 0 Å². The summed E-state index contributed by atoms with van der Waals surface area (Å²) in [6.07, 6.45) is -0.268. The lowest BCUT2D eigenvalue weighted by Crippen LogP contribution is -2.51. The average molecular weight is 331 g/mol. The highest BCUT2D eigenvalue weighted by Crippen LogP contribution is 2.32. The molecule has 1 aliphatic heterocycles. The van der Waals surface area contributed by atoms with Gasteiger partial charge >= 0.3 is 0 Å². The zero-order valence-corrected chi connectivity index (χ0v) is 14.3. The van der Waals surface area contributed by atoms with Crippen LogP contribution in [0.4, 0.5) is 0 Å². The van der Waals surface area contributed by atoms with E-state index >= 15 is 0 Å². The molecule has 0 aromatic heterocycles. The second-order valence-corrected chi connectivity index (χ2v) is 5.80. The summed E-state index contributed by atoms with van der Waals surface area (Å²) in [5, 5.41) is 12.8. The Morgan fingerprint density at radius 2 is 1.70 bits per heavy atom. The first-order valence-electron chi connectivity index (χ1n) is 8.16. The van der Waals surface area contributed by atoms with E-state index in [1.54, 1.807) is 0 Å². The Kier molecular flexibility index (Phi) is 10.2. The Balaban J connectivity index is 2.12.